The molecule has 0 aromatic carbocycles. The van der Waals surface area contributed by atoms with Crippen LogP contribution in [0.25, 0.3) is 0 Å². The third kappa shape index (κ3) is 3.52. The quantitative estimate of drug-likeness (QED) is 0.651. The van der Waals surface area contributed by atoms with Gasteiger partial charge >= 0.3 is 0 Å². The summed E-state index contributed by atoms with van der Waals surface area (Å²) < 4.78 is 5.46. The summed E-state index contributed by atoms with van der Waals surface area (Å²) >= 11 is 0. The van der Waals surface area contributed by atoms with Gasteiger partial charge < -0.3 is 16.2 Å². The highest BCUT2D eigenvalue weighted by Crippen LogP contribution is 2.17. The van der Waals surface area contributed by atoms with Gasteiger partial charge in [-0.05, 0) is 25.2 Å². The SMILES string of the molecule is NC[C@@H](N)C[C@H]1CCCCOC1. The van der Waals surface area contributed by atoms with Crippen LogP contribution in [0.15, 0.2) is 0 Å². The summed E-state index contributed by atoms with van der Waals surface area (Å²) in [5, 5.41) is 0. The van der Waals surface area contributed by atoms with Crippen molar-refractivity contribution in [2.45, 2.75) is 31.7 Å². The molecule has 1 saturated heterocycles. The van der Waals surface area contributed by atoms with Crippen LogP contribution in [0, 0.1) is 5.92 Å². The van der Waals surface area contributed by atoms with Gasteiger partial charge in [0.15, 0.2) is 0 Å². The molecule has 0 aromatic rings. The first-order valence-corrected chi connectivity index (χ1v) is 4.86. The summed E-state index contributed by atoms with van der Waals surface area (Å²) in [5.41, 5.74) is 11.2. The Labute approximate surface area is 74.4 Å². The normalized spacial score (nSPS) is 28.0. The Kier molecular flexibility index (Phi) is 4.58. The van der Waals surface area contributed by atoms with Crippen LogP contribution in [-0.4, -0.2) is 25.8 Å². The average molecular weight is 172 g/mol. The lowest BCUT2D eigenvalue weighted by Crippen LogP contribution is -2.32. The van der Waals surface area contributed by atoms with Crippen LogP contribution in [0.1, 0.15) is 25.7 Å². The van der Waals surface area contributed by atoms with E-state index in [-0.39, 0.29) is 6.04 Å². The molecule has 1 aliphatic heterocycles. The smallest absolute Gasteiger partial charge is 0.0494 e. The molecule has 1 fully saturated rings. The molecule has 1 aliphatic rings. The number of nitrogens with two attached hydrogens (primary N) is 2. The van der Waals surface area contributed by atoms with E-state index in [0.29, 0.717) is 12.5 Å². The van der Waals surface area contributed by atoms with Gasteiger partial charge in [0.05, 0.1) is 0 Å². The Morgan fingerprint density at radius 1 is 1.42 bits per heavy atom. The largest absolute Gasteiger partial charge is 0.381 e. The van der Waals surface area contributed by atoms with Crippen molar-refractivity contribution in [3.8, 4) is 0 Å². The van der Waals surface area contributed by atoms with Crippen molar-refractivity contribution in [3.63, 3.8) is 0 Å². The van der Waals surface area contributed by atoms with Crippen LogP contribution >= 0.6 is 0 Å². The molecule has 12 heavy (non-hydrogen) atoms. The first-order chi connectivity index (χ1) is 5.83. The van der Waals surface area contributed by atoms with Crippen molar-refractivity contribution in [1.82, 2.24) is 0 Å². The maximum absolute atomic E-state index is 5.77. The minimum Gasteiger partial charge on any atom is -0.381 e. The number of rotatable bonds is 3. The Hall–Kier alpha value is -0.120. The van der Waals surface area contributed by atoms with Crippen LogP contribution in [0.2, 0.25) is 0 Å². The first-order valence-electron chi connectivity index (χ1n) is 4.86. The van der Waals surface area contributed by atoms with Gasteiger partial charge in [0.2, 0.25) is 0 Å². The van der Waals surface area contributed by atoms with E-state index < -0.39 is 0 Å². The van der Waals surface area contributed by atoms with E-state index in [1.165, 1.54) is 19.3 Å². The molecule has 3 nitrogen and oxygen atoms in total. The molecule has 1 heterocycles. The van der Waals surface area contributed by atoms with E-state index in [4.69, 9.17) is 16.2 Å². The molecular weight excluding hydrogens is 152 g/mol. The lowest BCUT2D eigenvalue weighted by Gasteiger charge is -2.17. The maximum atomic E-state index is 5.77. The van der Waals surface area contributed by atoms with Gasteiger partial charge in [-0.1, -0.05) is 6.42 Å². The van der Waals surface area contributed by atoms with Gasteiger partial charge in [-0.3, -0.25) is 0 Å². The molecule has 0 unspecified atom stereocenters. The molecule has 0 amide bonds. The van der Waals surface area contributed by atoms with E-state index >= 15 is 0 Å². The zero-order valence-corrected chi connectivity index (χ0v) is 7.67. The summed E-state index contributed by atoms with van der Waals surface area (Å²) in [6.07, 6.45) is 4.76. The highest BCUT2D eigenvalue weighted by atomic mass is 16.5. The van der Waals surface area contributed by atoms with Crippen LogP contribution in [0.5, 0.6) is 0 Å². The van der Waals surface area contributed by atoms with Crippen LogP contribution in [-0.2, 0) is 4.74 Å². The number of ether oxygens (including phenoxy) is 1. The second kappa shape index (κ2) is 5.51. The summed E-state index contributed by atoms with van der Waals surface area (Å²) in [7, 11) is 0. The number of hydrogen-bond donors (Lipinski definition) is 2. The van der Waals surface area contributed by atoms with Crippen molar-refractivity contribution >= 4 is 0 Å². The Balaban J connectivity index is 2.20. The lowest BCUT2D eigenvalue weighted by molar-refractivity contribution is 0.110. The van der Waals surface area contributed by atoms with Crippen molar-refractivity contribution < 1.29 is 4.74 Å². The first kappa shape index (κ1) is 9.96. The fourth-order valence-electron chi connectivity index (χ4n) is 1.68. The molecule has 0 radical (unpaired) electrons. The third-order valence-electron chi connectivity index (χ3n) is 2.44. The monoisotopic (exact) mass is 172 g/mol. The van der Waals surface area contributed by atoms with Crippen LogP contribution in [0.3, 0.4) is 0 Å². The molecule has 4 N–H and O–H groups in total. The Morgan fingerprint density at radius 2 is 2.25 bits per heavy atom. The molecule has 0 aliphatic carbocycles. The van der Waals surface area contributed by atoms with E-state index in [2.05, 4.69) is 0 Å². The van der Waals surface area contributed by atoms with E-state index in [9.17, 15) is 0 Å². The third-order valence-corrected chi connectivity index (χ3v) is 2.44. The topological polar surface area (TPSA) is 61.3 Å². The summed E-state index contributed by atoms with van der Waals surface area (Å²) in [5.74, 6) is 0.644. The minimum atomic E-state index is 0.164. The predicted octanol–water partition coefficient (Wildman–Crippen LogP) is 0.479. The summed E-state index contributed by atoms with van der Waals surface area (Å²) in [6, 6.07) is 0.164. The zero-order chi connectivity index (χ0) is 8.81. The van der Waals surface area contributed by atoms with E-state index in [0.717, 1.165) is 19.6 Å². The summed E-state index contributed by atoms with van der Waals surface area (Å²) in [6.45, 7) is 2.40. The average Bonchev–Trinajstić information content (AvgIpc) is 2.33. The molecular formula is C9H20N2O. The summed E-state index contributed by atoms with van der Waals surface area (Å²) in [4.78, 5) is 0. The molecule has 1 rings (SSSR count). The van der Waals surface area contributed by atoms with Gasteiger partial charge in [-0.2, -0.15) is 0 Å². The number of hydrogen-bond acceptors (Lipinski definition) is 3. The molecule has 3 heteroatoms. The Bertz CT molecular complexity index is 111. The van der Waals surface area contributed by atoms with Gasteiger partial charge in [0, 0.05) is 25.8 Å². The molecule has 0 bridgehead atoms. The molecule has 0 aromatic heterocycles. The predicted molar refractivity (Wildman–Crippen MR) is 49.8 cm³/mol. The highest BCUT2D eigenvalue weighted by molar-refractivity contribution is 4.70. The maximum Gasteiger partial charge on any atom is 0.0494 e. The highest BCUT2D eigenvalue weighted by Gasteiger charge is 2.15. The minimum absolute atomic E-state index is 0.164. The fraction of sp³-hybridized carbons (Fsp3) is 1.00. The van der Waals surface area contributed by atoms with Crippen molar-refractivity contribution in [1.29, 1.82) is 0 Å². The second-order valence-electron chi connectivity index (χ2n) is 3.67. The van der Waals surface area contributed by atoms with Gasteiger partial charge in [0.25, 0.3) is 0 Å². The van der Waals surface area contributed by atoms with Crippen molar-refractivity contribution in [3.05, 3.63) is 0 Å². The Morgan fingerprint density at radius 3 is 3.00 bits per heavy atom. The van der Waals surface area contributed by atoms with E-state index in [1.807, 2.05) is 0 Å². The lowest BCUT2D eigenvalue weighted by atomic mass is 9.96. The fourth-order valence-corrected chi connectivity index (χ4v) is 1.68. The molecule has 2 atom stereocenters. The standard InChI is InChI=1S/C9H20N2O/c10-6-9(11)5-8-3-1-2-4-12-7-8/h8-9H,1-7,10-11H2/t8-,9+/m1/s1. The van der Waals surface area contributed by atoms with Gasteiger partial charge in [-0.15, -0.1) is 0 Å². The zero-order valence-electron chi connectivity index (χ0n) is 7.67. The van der Waals surface area contributed by atoms with Gasteiger partial charge in [-0.25, -0.2) is 0 Å². The van der Waals surface area contributed by atoms with E-state index in [1.54, 1.807) is 0 Å². The second-order valence-corrected chi connectivity index (χ2v) is 3.67. The van der Waals surface area contributed by atoms with Crippen LogP contribution < -0.4 is 11.5 Å². The van der Waals surface area contributed by atoms with Crippen molar-refractivity contribution in [2.75, 3.05) is 19.8 Å². The van der Waals surface area contributed by atoms with Crippen molar-refractivity contribution in [2.24, 2.45) is 17.4 Å². The molecule has 0 saturated carbocycles. The molecule has 72 valence electrons. The molecule has 0 spiro atoms. The van der Waals surface area contributed by atoms with Crippen LogP contribution in [0.4, 0.5) is 0 Å². The van der Waals surface area contributed by atoms with Gasteiger partial charge in [0.1, 0.15) is 0 Å².